The fraction of sp³-hybridized carbons (Fsp3) is 0.214. The summed E-state index contributed by atoms with van der Waals surface area (Å²) in [5.41, 5.74) is 7.66. The zero-order valence-electron chi connectivity index (χ0n) is 10.5. The Morgan fingerprint density at radius 1 is 1.17 bits per heavy atom. The highest BCUT2D eigenvalue weighted by molar-refractivity contribution is 5.47. The molecule has 0 amide bonds. The lowest BCUT2D eigenvalue weighted by Gasteiger charge is -2.10. The topological polar surface area (TPSA) is 57.4 Å². The molecular formula is C14H16N2O2. The normalized spacial score (nSPS) is 10.1. The average molecular weight is 244 g/mol. The van der Waals surface area contributed by atoms with Crippen molar-refractivity contribution in [3.8, 4) is 11.5 Å². The first kappa shape index (κ1) is 12.2. The summed E-state index contributed by atoms with van der Waals surface area (Å²) >= 11 is 0. The molecule has 0 atom stereocenters. The van der Waals surface area contributed by atoms with Crippen LogP contribution in [0.15, 0.2) is 36.5 Å². The van der Waals surface area contributed by atoms with Crippen LogP contribution in [0.4, 0.5) is 5.82 Å². The van der Waals surface area contributed by atoms with E-state index in [1.165, 1.54) is 0 Å². The number of anilines is 1. The molecule has 4 nitrogen and oxygen atoms in total. The molecule has 94 valence electrons. The highest BCUT2D eigenvalue weighted by Gasteiger charge is 2.03. The first-order valence-electron chi connectivity index (χ1n) is 5.67. The van der Waals surface area contributed by atoms with Gasteiger partial charge in [-0.2, -0.15) is 0 Å². The second-order valence-electron chi connectivity index (χ2n) is 3.96. The Balaban J connectivity index is 2.04. The van der Waals surface area contributed by atoms with E-state index in [0.29, 0.717) is 12.4 Å². The molecule has 0 fully saturated rings. The Morgan fingerprint density at radius 3 is 2.56 bits per heavy atom. The van der Waals surface area contributed by atoms with Crippen molar-refractivity contribution in [2.75, 3.05) is 12.8 Å². The highest BCUT2D eigenvalue weighted by Crippen LogP contribution is 2.22. The third-order valence-electron chi connectivity index (χ3n) is 2.75. The lowest BCUT2D eigenvalue weighted by molar-refractivity contribution is 0.303. The Hall–Kier alpha value is -2.23. The van der Waals surface area contributed by atoms with E-state index in [4.69, 9.17) is 15.2 Å². The van der Waals surface area contributed by atoms with E-state index in [-0.39, 0.29) is 0 Å². The van der Waals surface area contributed by atoms with Crippen LogP contribution in [0.3, 0.4) is 0 Å². The summed E-state index contributed by atoms with van der Waals surface area (Å²) < 4.78 is 10.8. The maximum Gasteiger partial charge on any atom is 0.129 e. The molecule has 2 N–H and O–H groups in total. The number of ether oxygens (including phenoxy) is 2. The van der Waals surface area contributed by atoms with E-state index in [2.05, 4.69) is 4.98 Å². The number of nitrogens with two attached hydrogens (primary N) is 1. The molecule has 0 bridgehead atoms. The number of methoxy groups -OCH3 is 1. The molecule has 0 saturated heterocycles. The van der Waals surface area contributed by atoms with Crippen molar-refractivity contribution in [1.29, 1.82) is 0 Å². The van der Waals surface area contributed by atoms with Gasteiger partial charge >= 0.3 is 0 Å². The maximum absolute atomic E-state index is 5.72. The summed E-state index contributed by atoms with van der Waals surface area (Å²) in [6.45, 7) is 2.39. The molecule has 4 heteroatoms. The summed E-state index contributed by atoms with van der Waals surface area (Å²) in [5.74, 6) is 2.10. The molecule has 18 heavy (non-hydrogen) atoms. The minimum atomic E-state index is 0.494. The van der Waals surface area contributed by atoms with Gasteiger partial charge in [0.15, 0.2) is 0 Å². The average Bonchev–Trinajstić information content (AvgIpc) is 2.41. The predicted octanol–water partition coefficient (Wildman–Crippen LogP) is 2.56. The van der Waals surface area contributed by atoms with Gasteiger partial charge in [-0.15, -0.1) is 0 Å². The van der Waals surface area contributed by atoms with Gasteiger partial charge in [-0.1, -0.05) is 12.1 Å². The molecule has 0 aliphatic carbocycles. The van der Waals surface area contributed by atoms with E-state index in [9.17, 15) is 0 Å². The summed E-state index contributed by atoms with van der Waals surface area (Å²) in [7, 11) is 1.65. The number of hydrogen-bond donors (Lipinski definition) is 1. The van der Waals surface area contributed by atoms with Gasteiger partial charge in [0.25, 0.3) is 0 Å². The van der Waals surface area contributed by atoms with Gasteiger partial charge in [-0.25, -0.2) is 4.98 Å². The minimum Gasteiger partial charge on any atom is -0.497 e. The number of nitrogen functional groups attached to an aromatic ring is 1. The van der Waals surface area contributed by atoms with E-state index in [1.807, 2.05) is 37.3 Å². The first-order chi connectivity index (χ1) is 8.70. The van der Waals surface area contributed by atoms with Crippen molar-refractivity contribution < 1.29 is 9.47 Å². The zero-order chi connectivity index (χ0) is 13.0. The van der Waals surface area contributed by atoms with Crippen molar-refractivity contribution in [1.82, 2.24) is 4.98 Å². The van der Waals surface area contributed by atoms with Crippen molar-refractivity contribution in [3.63, 3.8) is 0 Å². The smallest absolute Gasteiger partial charge is 0.129 e. The van der Waals surface area contributed by atoms with Crippen molar-refractivity contribution in [2.24, 2.45) is 0 Å². The van der Waals surface area contributed by atoms with E-state index >= 15 is 0 Å². The van der Waals surface area contributed by atoms with Gasteiger partial charge in [0.1, 0.15) is 23.9 Å². The molecule has 0 aliphatic heterocycles. The van der Waals surface area contributed by atoms with Crippen LogP contribution in [0.5, 0.6) is 11.5 Å². The molecule has 0 saturated carbocycles. The first-order valence-corrected chi connectivity index (χ1v) is 5.67. The number of nitrogens with zero attached hydrogens (tertiary/aromatic N) is 1. The molecule has 1 aromatic carbocycles. The van der Waals surface area contributed by atoms with Crippen LogP contribution >= 0.6 is 0 Å². The molecule has 2 aromatic rings. The molecule has 2 rings (SSSR count). The third-order valence-corrected chi connectivity index (χ3v) is 2.75. The third kappa shape index (κ3) is 2.71. The van der Waals surface area contributed by atoms with Crippen molar-refractivity contribution in [2.45, 2.75) is 13.5 Å². The van der Waals surface area contributed by atoms with Gasteiger partial charge in [0.2, 0.25) is 0 Å². The van der Waals surface area contributed by atoms with Gasteiger partial charge < -0.3 is 15.2 Å². The summed E-state index contributed by atoms with van der Waals surface area (Å²) in [4.78, 5) is 4.00. The summed E-state index contributed by atoms with van der Waals surface area (Å²) in [5, 5.41) is 0. The number of hydrogen-bond acceptors (Lipinski definition) is 4. The molecule has 0 spiro atoms. The molecule has 1 heterocycles. The van der Waals surface area contributed by atoms with Gasteiger partial charge in [-0.3, -0.25) is 0 Å². The lowest BCUT2D eigenvalue weighted by atomic mass is 10.2. The summed E-state index contributed by atoms with van der Waals surface area (Å²) in [6, 6.07) is 9.57. The van der Waals surface area contributed by atoms with Crippen LogP contribution in [0.25, 0.3) is 0 Å². The number of benzene rings is 1. The minimum absolute atomic E-state index is 0.494. The summed E-state index contributed by atoms with van der Waals surface area (Å²) in [6.07, 6.45) is 1.64. The van der Waals surface area contributed by atoms with Crippen molar-refractivity contribution >= 4 is 5.82 Å². The van der Waals surface area contributed by atoms with Crippen LogP contribution in [-0.4, -0.2) is 12.1 Å². The van der Waals surface area contributed by atoms with Gasteiger partial charge in [0, 0.05) is 11.8 Å². The Labute approximate surface area is 106 Å². The van der Waals surface area contributed by atoms with Crippen molar-refractivity contribution in [3.05, 3.63) is 47.7 Å². The second-order valence-corrected chi connectivity index (χ2v) is 3.96. The fourth-order valence-electron chi connectivity index (χ4n) is 1.57. The Morgan fingerprint density at radius 2 is 1.89 bits per heavy atom. The van der Waals surface area contributed by atoms with Crippen LogP contribution < -0.4 is 15.2 Å². The number of aromatic nitrogens is 1. The zero-order valence-corrected chi connectivity index (χ0v) is 10.5. The molecular weight excluding hydrogens is 228 g/mol. The molecule has 0 radical (unpaired) electrons. The lowest BCUT2D eigenvalue weighted by Crippen LogP contribution is -2.00. The molecule has 1 aromatic heterocycles. The van der Waals surface area contributed by atoms with Crippen LogP contribution in [0.2, 0.25) is 0 Å². The van der Waals surface area contributed by atoms with Crippen LogP contribution in [0.1, 0.15) is 11.1 Å². The quantitative estimate of drug-likeness (QED) is 0.898. The second kappa shape index (κ2) is 5.40. The van der Waals surface area contributed by atoms with Crippen LogP contribution in [0, 0.1) is 6.92 Å². The van der Waals surface area contributed by atoms with E-state index < -0.39 is 0 Å². The molecule has 0 unspecified atom stereocenters. The maximum atomic E-state index is 5.72. The number of pyridine rings is 1. The van der Waals surface area contributed by atoms with Gasteiger partial charge in [-0.05, 0) is 30.7 Å². The van der Waals surface area contributed by atoms with Gasteiger partial charge in [0.05, 0.1) is 7.11 Å². The monoisotopic (exact) mass is 244 g/mol. The number of rotatable bonds is 4. The fourth-order valence-corrected chi connectivity index (χ4v) is 1.57. The standard InChI is InChI=1S/C14H16N2O2/c1-10-13(7-8-16-14(10)15)18-9-11-3-5-12(17-2)6-4-11/h3-8H,9H2,1-2H3,(H2,15,16). The van der Waals surface area contributed by atoms with E-state index in [1.54, 1.807) is 13.3 Å². The largest absolute Gasteiger partial charge is 0.497 e. The predicted molar refractivity (Wildman–Crippen MR) is 70.7 cm³/mol. The molecule has 0 aliphatic rings. The van der Waals surface area contributed by atoms with E-state index in [0.717, 1.165) is 22.6 Å². The van der Waals surface area contributed by atoms with Crippen LogP contribution in [-0.2, 0) is 6.61 Å². The SMILES string of the molecule is COc1ccc(COc2ccnc(N)c2C)cc1. The highest BCUT2D eigenvalue weighted by atomic mass is 16.5. The Bertz CT molecular complexity index is 524. The Kier molecular flexibility index (Phi) is 3.67.